The number of rotatable bonds is 5. The minimum absolute atomic E-state index is 0.0398. The number of ether oxygens (including phenoxy) is 1. The minimum atomic E-state index is -0.870. The predicted molar refractivity (Wildman–Crippen MR) is 65.8 cm³/mol. The van der Waals surface area contributed by atoms with Crippen LogP contribution in [0.1, 0.15) is 17.9 Å². The summed E-state index contributed by atoms with van der Waals surface area (Å²) in [5, 5.41) is 2.63. The summed E-state index contributed by atoms with van der Waals surface area (Å²) in [6.07, 6.45) is -0.228. The van der Waals surface area contributed by atoms with Gasteiger partial charge in [0.25, 0.3) is 0 Å². The zero-order chi connectivity index (χ0) is 13.8. The van der Waals surface area contributed by atoms with Crippen LogP contribution >= 0.6 is 0 Å². The topological polar surface area (TPSA) is 81.4 Å². The molecule has 0 aromatic heterocycles. The maximum atomic E-state index is 13.5. The second-order valence-corrected chi connectivity index (χ2v) is 4.43. The predicted octanol–water partition coefficient (Wildman–Crippen LogP) is 1.14. The third-order valence-corrected chi connectivity index (χ3v) is 3.08. The molecular formula is C13H15FN2O3. The molecule has 0 bridgehead atoms. The molecule has 1 aromatic rings. The van der Waals surface area contributed by atoms with Crippen LogP contribution in [0.4, 0.5) is 9.18 Å². The highest BCUT2D eigenvalue weighted by atomic mass is 19.1. The zero-order valence-electron chi connectivity index (χ0n) is 10.3. The van der Waals surface area contributed by atoms with Crippen molar-refractivity contribution in [2.24, 2.45) is 11.7 Å². The minimum Gasteiger partial charge on any atom is -0.448 e. The normalized spacial score (nSPS) is 20.7. The number of benzene rings is 1. The summed E-state index contributed by atoms with van der Waals surface area (Å²) in [5.41, 5.74) is 5.36. The molecule has 0 saturated heterocycles. The van der Waals surface area contributed by atoms with Gasteiger partial charge >= 0.3 is 6.09 Å². The molecule has 1 aliphatic rings. The maximum Gasteiger partial charge on any atom is 0.404 e. The number of hydrogen-bond donors (Lipinski definition) is 2. The molecule has 2 rings (SSSR count). The highest BCUT2D eigenvalue weighted by Crippen LogP contribution is 2.48. The first-order valence-corrected chi connectivity index (χ1v) is 6.04. The zero-order valence-corrected chi connectivity index (χ0v) is 10.3. The molecule has 2 atom stereocenters. The summed E-state index contributed by atoms with van der Waals surface area (Å²) in [7, 11) is 0. The van der Waals surface area contributed by atoms with E-state index >= 15 is 0 Å². The lowest BCUT2D eigenvalue weighted by Crippen LogP contribution is -2.30. The number of primary amides is 1. The van der Waals surface area contributed by atoms with Gasteiger partial charge in [-0.25, -0.2) is 9.18 Å². The van der Waals surface area contributed by atoms with Crippen LogP contribution in [0.15, 0.2) is 24.3 Å². The van der Waals surface area contributed by atoms with Crippen molar-refractivity contribution in [2.75, 3.05) is 13.2 Å². The number of hydrogen-bond acceptors (Lipinski definition) is 3. The molecule has 6 heteroatoms. The molecule has 19 heavy (non-hydrogen) atoms. The lowest BCUT2D eigenvalue weighted by atomic mass is 10.1. The van der Waals surface area contributed by atoms with E-state index in [2.05, 4.69) is 10.1 Å². The summed E-state index contributed by atoms with van der Waals surface area (Å²) in [4.78, 5) is 22.1. The Hall–Kier alpha value is -2.11. The lowest BCUT2D eigenvalue weighted by molar-refractivity contribution is -0.122. The fourth-order valence-electron chi connectivity index (χ4n) is 2.06. The number of amides is 2. The third-order valence-electron chi connectivity index (χ3n) is 3.08. The number of halogens is 1. The Bertz CT molecular complexity index is 493. The average Bonchev–Trinajstić information content (AvgIpc) is 3.15. The molecule has 1 saturated carbocycles. The van der Waals surface area contributed by atoms with Gasteiger partial charge in [0.1, 0.15) is 12.4 Å². The Morgan fingerprint density at radius 2 is 2.16 bits per heavy atom. The van der Waals surface area contributed by atoms with E-state index in [0.29, 0.717) is 12.0 Å². The van der Waals surface area contributed by atoms with Crippen LogP contribution in [-0.2, 0) is 9.53 Å². The maximum absolute atomic E-state index is 13.5. The third kappa shape index (κ3) is 3.43. The SMILES string of the molecule is NC(=O)OCCNC(=O)[C@H]1C[C@H]1c1ccccc1F. The van der Waals surface area contributed by atoms with E-state index in [1.807, 2.05) is 0 Å². The van der Waals surface area contributed by atoms with Gasteiger partial charge in [-0.1, -0.05) is 18.2 Å². The van der Waals surface area contributed by atoms with Crippen molar-refractivity contribution >= 4 is 12.0 Å². The van der Waals surface area contributed by atoms with Crippen molar-refractivity contribution < 1.29 is 18.7 Å². The second kappa shape index (κ2) is 5.69. The van der Waals surface area contributed by atoms with Gasteiger partial charge in [0.15, 0.2) is 0 Å². The fraction of sp³-hybridized carbons (Fsp3) is 0.385. The second-order valence-electron chi connectivity index (χ2n) is 4.43. The van der Waals surface area contributed by atoms with E-state index in [4.69, 9.17) is 5.73 Å². The molecule has 3 N–H and O–H groups in total. The van der Waals surface area contributed by atoms with Gasteiger partial charge in [0, 0.05) is 5.92 Å². The van der Waals surface area contributed by atoms with Gasteiger partial charge in [0.2, 0.25) is 5.91 Å². The largest absolute Gasteiger partial charge is 0.448 e. The first-order valence-electron chi connectivity index (χ1n) is 6.04. The van der Waals surface area contributed by atoms with E-state index in [1.165, 1.54) is 6.07 Å². The van der Waals surface area contributed by atoms with Crippen LogP contribution in [0.5, 0.6) is 0 Å². The average molecular weight is 266 g/mol. The first kappa shape index (κ1) is 13.3. The van der Waals surface area contributed by atoms with Crippen LogP contribution in [0.3, 0.4) is 0 Å². The molecule has 1 aromatic carbocycles. The molecule has 0 aliphatic heterocycles. The van der Waals surface area contributed by atoms with Gasteiger partial charge in [-0.05, 0) is 24.0 Å². The van der Waals surface area contributed by atoms with Crippen LogP contribution in [0.2, 0.25) is 0 Å². The molecule has 0 spiro atoms. The molecule has 0 heterocycles. The smallest absolute Gasteiger partial charge is 0.404 e. The van der Waals surface area contributed by atoms with Gasteiger partial charge in [-0.2, -0.15) is 0 Å². The Kier molecular flexibility index (Phi) is 3.99. The van der Waals surface area contributed by atoms with E-state index in [9.17, 15) is 14.0 Å². The first-order chi connectivity index (χ1) is 9.09. The molecule has 0 unspecified atom stereocenters. The highest BCUT2D eigenvalue weighted by molar-refractivity contribution is 5.82. The van der Waals surface area contributed by atoms with Gasteiger partial charge < -0.3 is 15.8 Å². The molecule has 0 radical (unpaired) electrons. The van der Waals surface area contributed by atoms with Crippen molar-refractivity contribution in [3.63, 3.8) is 0 Å². The Labute approximate surface area is 109 Å². The van der Waals surface area contributed by atoms with Gasteiger partial charge in [-0.15, -0.1) is 0 Å². The van der Waals surface area contributed by atoms with E-state index in [0.717, 1.165) is 0 Å². The van der Waals surface area contributed by atoms with Crippen molar-refractivity contribution in [3.8, 4) is 0 Å². The molecule has 1 fully saturated rings. The molecule has 1 aliphatic carbocycles. The fourth-order valence-corrected chi connectivity index (χ4v) is 2.06. The standard InChI is InChI=1S/C13H15FN2O3/c14-11-4-2-1-3-8(11)9-7-10(9)12(17)16-5-6-19-13(15)18/h1-4,9-10H,5-7H2,(H2,15,18)(H,16,17)/t9-,10-/m0/s1. The van der Waals surface area contributed by atoms with E-state index < -0.39 is 6.09 Å². The van der Waals surface area contributed by atoms with E-state index in [-0.39, 0.29) is 36.7 Å². The highest BCUT2D eigenvalue weighted by Gasteiger charge is 2.44. The summed E-state index contributed by atoms with van der Waals surface area (Å²) in [6, 6.07) is 6.47. The monoisotopic (exact) mass is 266 g/mol. The quantitative estimate of drug-likeness (QED) is 0.784. The van der Waals surface area contributed by atoms with Crippen molar-refractivity contribution in [1.82, 2.24) is 5.32 Å². The summed E-state index contributed by atoms with van der Waals surface area (Å²) in [5.74, 6) is -0.690. The number of nitrogens with two attached hydrogens (primary N) is 1. The lowest BCUT2D eigenvalue weighted by Gasteiger charge is -2.05. The van der Waals surface area contributed by atoms with E-state index in [1.54, 1.807) is 18.2 Å². The van der Waals surface area contributed by atoms with Crippen molar-refractivity contribution in [2.45, 2.75) is 12.3 Å². The van der Waals surface area contributed by atoms with Crippen LogP contribution in [-0.4, -0.2) is 25.2 Å². The number of carbonyl (C=O) groups is 2. The van der Waals surface area contributed by atoms with Crippen molar-refractivity contribution in [3.05, 3.63) is 35.6 Å². The van der Waals surface area contributed by atoms with Crippen LogP contribution in [0.25, 0.3) is 0 Å². The summed E-state index contributed by atoms with van der Waals surface area (Å²) in [6.45, 7) is 0.250. The number of carbonyl (C=O) groups excluding carboxylic acids is 2. The molecule has 102 valence electrons. The van der Waals surface area contributed by atoms with Gasteiger partial charge in [0.05, 0.1) is 6.54 Å². The number of nitrogens with one attached hydrogen (secondary N) is 1. The Morgan fingerprint density at radius 1 is 1.42 bits per heavy atom. The van der Waals surface area contributed by atoms with Crippen LogP contribution in [0, 0.1) is 11.7 Å². The van der Waals surface area contributed by atoms with Crippen molar-refractivity contribution in [1.29, 1.82) is 0 Å². The Morgan fingerprint density at radius 3 is 2.84 bits per heavy atom. The molecule has 5 nitrogen and oxygen atoms in total. The van der Waals surface area contributed by atoms with Crippen LogP contribution < -0.4 is 11.1 Å². The Balaban J connectivity index is 1.78. The summed E-state index contributed by atoms with van der Waals surface area (Å²) < 4.78 is 18.0. The van der Waals surface area contributed by atoms with Gasteiger partial charge in [-0.3, -0.25) is 4.79 Å². The molecule has 2 amide bonds. The molecular weight excluding hydrogens is 251 g/mol. The summed E-state index contributed by atoms with van der Waals surface area (Å²) >= 11 is 0.